The van der Waals surface area contributed by atoms with Crippen LogP contribution in [-0.2, 0) is 0 Å². The van der Waals surface area contributed by atoms with Crippen LogP contribution in [0.25, 0.3) is 0 Å². The van der Waals surface area contributed by atoms with Crippen molar-refractivity contribution in [1.29, 1.82) is 0 Å². The highest BCUT2D eigenvalue weighted by Crippen LogP contribution is 2.28. The zero-order valence-electron chi connectivity index (χ0n) is 7.89. The molecule has 0 aliphatic heterocycles. The smallest absolute Gasteiger partial charge is 0.0679 e. The molecule has 0 saturated heterocycles. The molecule has 0 amide bonds. The molecule has 0 heterocycles. The molecule has 1 N–H and O–H groups in total. The summed E-state index contributed by atoms with van der Waals surface area (Å²) < 4.78 is 0. The van der Waals surface area contributed by atoms with E-state index in [1.54, 1.807) is 0 Å². The lowest BCUT2D eigenvalue weighted by atomic mass is 9.78. The Balaban J connectivity index is 4.04. The third kappa shape index (κ3) is 3.43. The molecule has 0 radical (unpaired) electrons. The molecule has 0 spiro atoms. The molecule has 0 rings (SSSR count). The average Bonchev–Trinajstić information content (AvgIpc) is 1.85. The molecule has 0 bridgehead atoms. The second-order valence-corrected chi connectivity index (χ2v) is 4.13. The Bertz CT molecular complexity index is 147. The number of aliphatic hydroxyl groups is 1. The van der Waals surface area contributed by atoms with Crippen LogP contribution in [0.1, 0.15) is 34.1 Å². The highest BCUT2D eigenvalue weighted by molar-refractivity contribution is 4.90. The molecular formula is C10H18O. The molecule has 0 saturated carbocycles. The van der Waals surface area contributed by atoms with Gasteiger partial charge in [-0.05, 0) is 11.3 Å². The molecule has 0 aromatic rings. The summed E-state index contributed by atoms with van der Waals surface area (Å²) >= 11 is 0. The van der Waals surface area contributed by atoms with Crippen molar-refractivity contribution in [1.82, 2.24) is 0 Å². The molecular weight excluding hydrogens is 136 g/mol. The maximum atomic E-state index is 9.51. The summed E-state index contributed by atoms with van der Waals surface area (Å²) in [6.07, 6.45) is 5.20. The number of hydrogen-bond donors (Lipinski definition) is 1. The van der Waals surface area contributed by atoms with E-state index in [0.717, 1.165) is 0 Å². The first-order valence-corrected chi connectivity index (χ1v) is 4.01. The van der Waals surface area contributed by atoms with Gasteiger partial charge in [-0.15, -0.1) is 12.3 Å². The lowest BCUT2D eigenvalue weighted by Crippen LogP contribution is -2.29. The van der Waals surface area contributed by atoms with Gasteiger partial charge in [0.2, 0.25) is 0 Å². The highest BCUT2D eigenvalue weighted by Gasteiger charge is 2.25. The molecule has 0 fully saturated rings. The predicted molar refractivity (Wildman–Crippen MR) is 48.1 cm³/mol. The van der Waals surface area contributed by atoms with E-state index < -0.39 is 0 Å². The van der Waals surface area contributed by atoms with Crippen molar-refractivity contribution in [3.63, 3.8) is 0 Å². The van der Waals surface area contributed by atoms with Crippen molar-refractivity contribution in [3.8, 4) is 12.3 Å². The molecule has 11 heavy (non-hydrogen) atoms. The minimum Gasteiger partial charge on any atom is -0.392 e. The summed E-state index contributed by atoms with van der Waals surface area (Å²) in [5.74, 6) is 2.72. The Morgan fingerprint density at radius 3 is 2.18 bits per heavy atom. The fourth-order valence-corrected chi connectivity index (χ4v) is 0.875. The van der Waals surface area contributed by atoms with Crippen LogP contribution in [0.5, 0.6) is 0 Å². The van der Waals surface area contributed by atoms with Crippen LogP contribution in [0.4, 0.5) is 0 Å². The third-order valence-electron chi connectivity index (χ3n) is 2.27. The number of rotatable bonds is 2. The van der Waals surface area contributed by atoms with Gasteiger partial charge in [-0.25, -0.2) is 0 Å². The molecule has 0 aromatic carbocycles. The number of hydrogen-bond acceptors (Lipinski definition) is 1. The van der Waals surface area contributed by atoms with Crippen LogP contribution in [0, 0.1) is 23.7 Å². The summed E-state index contributed by atoms with van der Waals surface area (Å²) in [7, 11) is 0. The summed E-state index contributed by atoms with van der Waals surface area (Å²) in [5.41, 5.74) is 0.135. The summed E-state index contributed by atoms with van der Waals surface area (Å²) in [4.78, 5) is 0. The van der Waals surface area contributed by atoms with Crippen LogP contribution in [0.2, 0.25) is 0 Å². The zero-order valence-corrected chi connectivity index (χ0v) is 7.89. The van der Waals surface area contributed by atoms with Gasteiger partial charge in [0.15, 0.2) is 0 Å². The second kappa shape index (κ2) is 3.78. The van der Waals surface area contributed by atoms with Crippen molar-refractivity contribution in [2.75, 3.05) is 0 Å². The fourth-order valence-electron chi connectivity index (χ4n) is 0.875. The largest absolute Gasteiger partial charge is 0.392 e. The van der Waals surface area contributed by atoms with Gasteiger partial charge >= 0.3 is 0 Å². The van der Waals surface area contributed by atoms with Gasteiger partial charge in [-0.1, -0.05) is 27.7 Å². The number of terminal acetylenes is 1. The topological polar surface area (TPSA) is 20.2 Å². The maximum absolute atomic E-state index is 9.51. The standard InChI is InChI=1S/C10H18O/c1-6-7-9(11)8(2)10(3,4)5/h1,8-9,11H,7H2,2-5H3. The van der Waals surface area contributed by atoms with Crippen LogP contribution in [0.15, 0.2) is 0 Å². The van der Waals surface area contributed by atoms with Crippen molar-refractivity contribution < 1.29 is 5.11 Å². The Labute approximate surface area is 69.8 Å². The van der Waals surface area contributed by atoms with E-state index in [1.165, 1.54) is 0 Å². The fraction of sp³-hybridized carbons (Fsp3) is 0.800. The van der Waals surface area contributed by atoms with E-state index in [4.69, 9.17) is 6.42 Å². The molecule has 64 valence electrons. The monoisotopic (exact) mass is 154 g/mol. The van der Waals surface area contributed by atoms with Crippen molar-refractivity contribution >= 4 is 0 Å². The Kier molecular flexibility index (Phi) is 3.62. The predicted octanol–water partition coefficient (Wildman–Crippen LogP) is 2.05. The highest BCUT2D eigenvalue weighted by atomic mass is 16.3. The molecule has 0 aromatic heterocycles. The normalized spacial score (nSPS) is 17.1. The van der Waals surface area contributed by atoms with Gasteiger partial charge in [-0.3, -0.25) is 0 Å². The van der Waals surface area contributed by atoms with Gasteiger partial charge in [0.05, 0.1) is 6.10 Å². The Morgan fingerprint density at radius 2 is 1.91 bits per heavy atom. The van der Waals surface area contributed by atoms with Crippen LogP contribution < -0.4 is 0 Å². The van der Waals surface area contributed by atoms with E-state index in [0.29, 0.717) is 6.42 Å². The lowest BCUT2D eigenvalue weighted by molar-refractivity contribution is 0.0582. The Hall–Kier alpha value is -0.480. The van der Waals surface area contributed by atoms with Crippen molar-refractivity contribution in [2.45, 2.75) is 40.2 Å². The quantitative estimate of drug-likeness (QED) is 0.603. The van der Waals surface area contributed by atoms with E-state index in [1.807, 2.05) is 6.92 Å². The first-order chi connectivity index (χ1) is 4.89. The van der Waals surface area contributed by atoms with Gasteiger partial charge in [0, 0.05) is 6.42 Å². The van der Waals surface area contributed by atoms with E-state index >= 15 is 0 Å². The lowest BCUT2D eigenvalue weighted by Gasteiger charge is -2.30. The minimum atomic E-state index is -0.361. The average molecular weight is 154 g/mol. The zero-order chi connectivity index (χ0) is 9.07. The van der Waals surface area contributed by atoms with E-state index in [9.17, 15) is 5.11 Å². The second-order valence-electron chi connectivity index (χ2n) is 4.13. The first-order valence-electron chi connectivity index (χ1n) is 4.01. The van der Waals surface area contributed by atoms with Gasteiger partial charge < -0.3 is 5.11 Å². The van der Waals surface area contributed by atoms with Gasteiger partial charge in [0.25, 0.3) is 0 Å². The molecule has 2 unspecified atom stereocenters. The summed E-state index contributed by atoms with van der Waals surface area (Å²) in [5, 5.41) is 9.51. The maximum Gasteiger partial charge on any atom is 0.0679 e. The van der Waals surface area contributed by atoms with Crippen LogP contribution in [-0.4, -0.2) is 11.2 Å². The van der Waals surface area contributed by atoms with Gasteiger partial charge in [-0.2, -0.15) is 0 Å². The summed E-state index contributed by atoms with van der Waals surface area (Å²) in [6.45, 7) is 8.36. The molecule has 1 heteroatoms. The van der Waals surface area contributed by atoms with Crippen LogP contribution in [0.3, 0.4) is 0 Å². The Morgan fingerprint density at radius 1 is 1.45 bits per heavy atom. The summed E-state index contributed by atoms with van der Waals surface area (Å²) in [6, 6.07) is 0. The van der Waals surface area contributed by atoms with Gasteiger partial charge in [0.1, 0.15) is 0 Å². The number of aliphatic hydroxyl groups excluding tert-OH is 1. The van der Waals surface area contributed by atoms with Crippen LogP contribution >= 0.6 is 0 Å². The molecule has 0 aliphatic carbocycles. The van der Waals surface area contributed by atoms with Crippen molar-refractivity contribution in [3.05, 3.63) is 0 Å². The molecule has 2 atom stereocenters. The SMILES string of the molecule is C#CCC(O)C(C)C(C)(C)C. The molecule has 0 aliphatic rings. The minimum absolute atomic E-state index is 0.135. The van der Waals surface area contributed by atoms with Crippen molar-refractivity contribution in [2.24, 2.45) is 11.3 Å². The molecule has 1 nitrogen and oxygen atoms in total. The first kappa shape index (κ1) is 10.5. The van der Waals surface area contributed by atoms with E-state index in [2.05, 4.69) is 26.7 Å². The third-order valence-corrected chi connectivity index (χ3v) is 2.27. The van der Waals surface area contributed by atoms with E-state index in [-0.39, 0.29) is 17.4 Å².